The fourth-order valence-electron chi connectivity index (χ4n) is 2.07. The highest BCUT2D eigenvalue weighted by molar-refractivity contribution is 5.39. The van der Waals surface area contributed by atoms with E-state index >= 15 is 0 Å². The SMILES string of the molecule is Cc1ccc(-n2ccnc(NCCCOC(C)C)c2=O)cc1F. The first-order valence-electron chi connectivity index (χ1n) is 7.68. The topological polar surface area (TPSA) is 56.1 Å². The Morgan fingerprint density at radius 1 is 1.39 bits per heavy atom. The number of benzene rings is 1. The number of halogens is 1. The largest absolute Gasteiger partial charge is 0.379 e. The van der Waals surface area contributed by atoms with E-state index in [1.807, 2.05) is 13.8 Å². The van der Waals surface area contributed by atoms with Crippen molar-refractivity contribution in [2.75, 3.05) is 18.5 Å². The van der Waals surface area contributed by atoms with Gasteiger partial charge in [0.05, 0.1) is 11.8 Å². The fraction of sp³-hybridized carbons (Fsp3) is 0.412. The Balaban J connectivity index is 2.09. The summed E-state index contributed by atoms with van der Waals surface area (Å²) in [6.45, 7) is 6.84. The van der Waals surface area contributed by atoms with Crippen molar-refractivity contribution in [1.82, 2.24) is 9.55 Å². The van der Waals surface area contributed by atoms with Gasteiger partial charge in [0.1, 0.15) is 5.82 Å². The van der Waals surface area contributed by atoms with Crippen molar-refractivity contribution in [2.45, 2.75) is 33.3 Å². The van der Waals surface area contributed by atoms with Crippen molar-refractivity contribution in [2.24, 2.45) is 0 Å². The van der Waals surface area contributed by atoms with Crippen LogP contribution in [0.2, 0.25) is 0 Å². The molecule has 0 aliphatic heterocycles. The van der Waals surface area contributed by atoms with Crippen LogP contribution in [0.4, 0.5) is 10.2 Å². The van der Waals surface area contributed by atoms with Gasteiger partial charge in [-0.3, -0.25) is 9.36 Å². The molecule has 0 amide bonds. The normalized spacial score (nSPS) is 11.0. The molecule has 0 bridgehead atoms. The van der Waals surface area contributed by atoms with Gasteiger partial charge in [0.25, 0.3) is 5.56 Å². The van der Waals surface area contributed by atoms with Gasteiger partial charge in [0.15, 0.2) is 5.82 Å². The zero-order valence-electron chi connectivity index (χ0n) is 13.7. The minimum atomic E-state index is -0.341. The van der Waals surface area contributed by atoms with Crippen molar-refractivity contribution < 1.29 is 9.13 Å². The maximum absolute atomic E-state index is 13.7. The standard InChI is InChI=1S/C17H22FN3O2/c1-12(2)23-10-4-7-19-16-17(22)21(9-8-20-16)14-6-5-13(3)15(18)11-14/h5-6,8-9,11-12H,4,7,10H2,1-3H3,(H,19,20). The van der Waals surface area contributed by atoms with E-state index in [1.165, 1.54) is 23.0 Å². The average Bonchev–Trinajstić information content (AvgIpc) is 2.51. The highest BCUT2D eigenvalue weighted by Crippen LogP contribution is 2.12. The van der Waals surface area contributed by atoms with Crippen LogP contribution < -0.4 is 10.9 Å². The molecule has 0 fully saturated rings. The minimum absolute atomic E-state index is 0.193. The molecule has 0 atom stereocenters. The molecule has 5 nitrogen and oxygen atoms in total. The number of nitrogens with zero attached hydrogens (tertiary/aromatic N) is 2. The molecule has 1 aromatic carbocycles. The molecule has 124 valence electrons. The molecule has 1 heterocycles. The van der Waals surface area contributed by atoms with Crippen LogP contribution in [0.3, 0.4) is 0 Å². The molecule has 1 N–H and O–H groups in total. The second-order valence-corrected chi connectivity index (χ2v) is 5.58. The number of hydrogen-bond acceptors (Lipinski definition) is 4. The maximum atomic E-state index is 13.7. The first-order valence-corrected chi connectivity index (χ1v) is 7.68. The van der Waals surface area contributed by atoms with Crippen molar-refractivity contribution in [3.8, 4) is 5.69 Å². The number of hydrogen-bond donors (Lipinski definition) is 1. The van der Waals surface area contributed by atoms with Gasteiger partial charge < -0.3 is 10.1 Å². The summed E-state index contributed by atoms with van der Waals surface area (Å²) in [7, 11) is 0. The number of aryl methyl sites for hydroxylation is 1. The van der Waals surface area contributed by atoms with E-state index in [4.69, 9.17) is 4.74 Å². The summed E-state index contributed by atoms with van der Waals surface area (Å²) in [5.41, 5.74) is 0.714. The summed E-state index contributed by atoms with van der Waals surface area (Å²) < 4.78 is 20.5. The van der Waals surface area contributed by atoms with Gasteiger partial charge in [0, 0.05) is 25.5 Å². The minimum Gasteiger partial charge on any atom is -0.379 e. The third kappa shape index (κ3) is 4.63. The van der Waals surface area contributed by atoms with E-state index in [1.54, 1.807) is 19.1 Å². The molecule has 0 spiro atoms. The molecule has 0 saturated carbocycles. The van der Waals surface area contributed by atoms with Crippen LogP contribution in [0, 0.1) is 12.7 Å². The van der Waals surface area contributed by atoms with Crippen molar-refractivity contribution >= 4 is 5.82 Å². The van der Waals surface area contributed by atoms with Gasteiger partial charge in [0.2, 0.25) is 0 Å². The Bertz CT molecular complexity index is 713. The van der Waals surface area contributed by atoms with Crippen LogP contribution in [-0.4, -0.2) is 28.8 Å². The molecule has 0 unspecified atom stereocenters. The lowest BCUT2D eigenvalue weighted by Crippen LogP contribution is -2.24. The quantitative estimate of drug-likeness (QED) is 0.797. The molecule has 2 aromatic rings. The summed E-state index contributed by atoms with van der Waals surface area (Å²) in [6.07, 6.45) is 4.01. The molecule has 1 aromatic heterocycles. The second kappa shape index (κ2) is 7.87. The van der Waals surface area contributed by atoms with Crippen molar-refractivity contribution in [3.63, 3.8) is 0 Å². The lowest BCUT2D eigenvalue weighted by Gasteiger charge is -2.10. The Morgan fingerprint density at radius 3 is 2.87 bits per heavy atom. The molecule has 0 saturated heterocycles. The highest BCUT2D eigenvalue weighted by atomic mass is 19.1. The molecule has 0 radical (unpaired) electrons. The van der Waals surface area contributed by atoms with Gasteiger partial charge in [-0.05, 0) is 44.9 Å². The summed E-state index contributed by atoms with van der Waals surface area (Å²) in [4.78, 5) is 16.5. The second-order valence-electron chi connectivity index (χ2n) is 5.58. The summed E-state index contributed by atoms with van der Waals surface area (Å²) in [6, 6.07) is 4.70. The zero-order chi connectivity index (χ0) is 16.8. The van der Waals surface area contributed by atoms with Crippen molar-refractivity contribution in [3.05, 3.63) is 52.3 Å². The van der Waals surface area contributed by atoms with Crippen LogP contribution in [-0.2, 0) is 4.74 Å². The zero-order valence-corrected chi connectivity index (χ0v) is 13.7. The van der Waals surface area contributed by atoms with Gasteiger partial charge in [-0.2, -0.15) is 0 Å². The van der Waals surface area contributed by atoms with E-state index in [0.717, 1.165) is 6.42 Å². The molecule has 2 rings (SSSR count). The number of rotatable bonds is 7. The predicted octanol–water partition coefficient (Wildman–Crippen LogP) is 2.91. The van der Waals surface area contributed by atoms with Gasteiger partial charge >= 0.3 is 0 Å². The van der Waals surface area contributed by atoms with E-state index in [2.05, 4.69) is 10.3 Å². The number of nitrogens with one attached hydrogen (secondary N) is 1. The first kappa shape index (κ1) is 17.1. The average molecular weight is 319 g/mol. The third-order valence-electron chi connectivity index (χ3n) is 3.34. The van der Waals surface area contributed by atoms with Gasteiger partial charge in [-0.15, -0.1) is 0 Å². The monoisotopic (exact) mass is 319 g/mol. The van der Waals surface area contributed by atoms with E-state index in [-0.39, 0.29) is 23.3 Å². The predicted molar refractivity (Wildman–Crippen MR) is 88.7 cm³/mol. The Hall–Kier alpha value is -2.21. The van der Waals surface area contributed by atoms with Crippen LogP contribution in [0.1, 0.15) is 25.8 Å². The summed E-state index contributed by atoms with van der Waals surface area (Å²) in [5, 5.41) is 3.00. The van der Waals surface area contributed by atoms with Gasteiger partial charge in [-0.1, -0.05) is 6.07 Å². The smallest absolute Gasteiger partial charge is 0.297 e. The van der Waals surface area contributed by atoms with Crippen LogP contribution in [0.15, 0.2) is 35.4 Å². The number of anilines is 1. The molecule has 0 aliphatic carbocycles. The summed E-state index contributed by atoms with van der Waals surface area (Å²) in [5.74, 6) is -0.0930. The molecular weight excluding hydrogens is 297 g/mol. The van der Waals surface area contributed by atoms with Crippen LogP contribution in [0.25, 0.3) is 5.69 Å². The first-order chi connectivity index (χ1) is 11.0. The lowest BCUT2D eigenvalue weighted by molar-refractivity contribution is 0.0787. The number of aromatic nitrogens is 2. The van der Waals surface area contributed by atoms with E-state index in [9.17, 15) is 9.18 Å². The Kier molecular flexibility index (Phi) is 5.87. The third-order valence-corrected chi connectivity index (χ3v) is 3.34. The Morgan fingerprint density at radius 2 is 2.17 bits per heavy atom. The lowest BCUT2D eigenvalue weighted by atomic mass is 10.2. The molecule has 6 heteroatoms. The fourth-order valence-corrected chi connectivity index (χ4v) is 2.07. The van der Waals surface area contributed by atoms with E-state index < -0.39 is 0 Å². The highest BCUT2D eigenvalue weighted by Gasteiger charge is 2.08. The molecule has 0 aliphatic rings. The Labute approximate surface area is 135 Å². The van der Waals surface area contributed by atoms with Crippen LogP contribution >= 0.6 is 0 Å². The summed E-state index contributed by atoms with van der Waals surface area (Å²) >= 11 is 0. The van der Waals surface area contributed by atoms with Crippen LogP contribution in [0.5, 0.6) is 0 Å². The van der Waals surface area contributed by atoms with E-state index in [0.29, 0.717) is 24.4 Å². The van der Waals surface area contributed by atoms with Crippen molar-refractivity contribution in [1.29, 1.82) is 0 Å². The molecule has 23 heavy (non-hydrogen) atoms. The number of ether oxygens (including phenoxy) is 1. The maximum Gasteiger partial charge on any atom is 0.297 e. The van der Waals surface area contributed by atoms with Gasteiger partial charge in [-0.25, -0.2) is 9.37 Å². The molecular formula is C17H22FN3O2.